The van der Waals surface area contributed by atoms with E-state index in [0.717, 1.165) is 18.4 Å². The second kappa shape index (κ2) is 5.98. The SMILES string of the molecule is Cc1ccc(C)c(C(N)CS(=O)C2CCCC2)c1. The molecule has 2 atom stereocenters. The van der Waals surface area contributed by atoms with Gasteiger partial charge >= 0.3 is 0 Å². The van der Waals surface area contributed by atoms with Gasteiger partial charge in [0.1, 0.15) is 0 Å². The first-order chi connectivity index (χ1) is 8.58. The third kappa shape index (κ3) is 3.21. The molecule has 1 saturated carbocycles. The Morgan fingerprint density at radius 3 is 2.67 bits per heavy atom. The molecule has 0 amide bonds. The van der Waals surface area contributed by atoms with Gasteiger partial charge in [0, 0.05) is 27.8 Å². The first kappa shape index (κ1) is 13.8. The number of hydrogen-bond donors (Lipinski definition) is 1. The number of nitrogens with two attached hydrogens (primary N) is 1. The van der Waals surface area contributed by atoms with Gasteiger partial charge in [-0.05, 0) is 37.8 Å². The largest absolute Gasteiger partial charge is 0.323 e. The molecule has 0 spiro atoms. The van der Waals surface area contributed by atoms with Crippen LogP contribution in [0.4, 0.5) is 0 Å². The van der Waals surface area contributed by atoms with Crippen LogP contribution in [0, 0.1) is 13.8 Å². The Labute approximate surface area is 112 Å². The summed E-state index contributed by atoms with van der Waals surface area (Å²) in [5.41, 5.74) is 9.82. The Morgan fingerprint density at radius 2 is 2.00 bits per heavy atom. The molecule has 0 heterocycles. The number of rotatable bonds is 4. The molecule has 18 heavy (non-hydrogen) atoms. The predicted octanol–water partition coefficient (Wildman–Crippen LogP) is 2.99. The average Bonchev–Trinajstić information content (AvgIpc) is 2.85. The van der Waals surface area contributed by atoms with Gasteiger partial charge in [-0.15, -0.1) is 0 Å². The molecule has 2 unspecified atom stereocenters. The molecule has 1 fully saturated rings. The normalized spacial score (nSPS) is 19.9. The molecule has 100 valence electrons. The van der Waals surface area contributed by atoms with E-state index in [0.29, 0.717) is 11.0 Å². The van der Waals surface area contributed by atoms with E-state index in [1.165, 1.54) is 24.0 Å². The molecule has 1 aromatic carbocycles. The van der Waals surface area contributed by atoms with Crippen molar-refractivity contribution < 1.29 is 4.21 Å². The zero-order chi connectivity index (χ0) is 13.1. The van der Waals surface area contributed by atoms with E-state index in [9.17, 15) is 4.21 Å². The van der Waals surface area contributed by atoms with Crippen LogP contribution in [0.1, 0.15) is 48.4 Å². The van der Waals surface area contributed by atoms with Crippen LogP contribution in [0.5, 0.6) is 0 Å². The van der Waals surface area contributed by atoms with Crippen molar-refractivity contribution in [2.45, 2.75) is 50.8 Å². The lowest BCUT2D eigenvalue weighted by Gasteiger charge is -2.17. The van der Waals surface area contributed by atoms with E-state index in [-0.39, 0.29) is 6.04 Å². The highest BCUT2D eigenvalue weighted by molar-refractivity contribution is 7.85. The number of benzene rings is 1. The van der Waals surface area contributed by atoms with Gasteiger partial charge in [0.05, 0.1) is 0 Å². The number of aryl methyl sites for hydroxylation is 2. The lowest BCUT2D eigenvalue weighted by molar-refractivity contribution is 0.660. The third-order valence-corrected chi connectivity index (χ3v) is 5.75. The summed E-state index contributed by atoms with van der Waals surface area (Å²) in [6, 6.07) is 6.24. The fourth-order valence-corrected chi connectivity index (χ4v) is 4.38. The molecular formula is C15H23NOS. The molecule has 2 nitrogen and oxygen atoms in total. The van der Waals surface area contributed by atoms with Crippen molar-refractivity contribution in [3.63, 3.8) is 0 Å². The molecule has 2 N–H and O–H groups in total. The van der Waals surface area contributed by atoms with Crippen molar-refractivity contribution in [2.75, 3.05) is 5.75 Å². The van der Waals surface area contributed by atoms with Crippen molar-refractivity contribution in [2.24, 2.45) is 5.73 Å². The summed E-state index contributed by atoms with van der Waals surface area (Å²) in [4.78, 5) is 0. The van der Waals surface area contributed by atoms with Crippen LogP contribution in [0.3, 0.4) is 0 Å². The minimum absolute atomic E-state index is 0.0914. The van der Waals surface area contributed by atoms with Crippen LogP contribution in [-0.4, -0.2) is 15.2 Å². The van der Waals surface area contributed by atoms with Gasteiger partial charge < -0.3 is 5.73 Å². The summed E-state index contributed by atoms with van der Waals surface area (Å²) in [7, 11) is -0.766. The van der Waals surface area contributed by atoms with Crippen LogP contribution < -0.4 is 5.73 Å². The molecule has 0 radical (unpaired) electrons. The van der Waals surface area contributed by atoms with E-state index < -0.39 is 10.8 Å². The Kier molecular flexibility index (Phi) is 4.57. The smallest absolute Gasteiger partial charge is 0.0431 e. The minimum atomic E-state index is -0.766. The molecule has 0 saturated heterocycles. The van der Waals surface area contributed by atoms with Crippen molar-refractivity contribution in [3.8, 4) is 0 Å². The topological polar surface area (TPSA) is 43.1 Å². The first-order valence-electron chi connectivity index (χ1n) is 6.78. The summed E-state index contributed by atoms with van der Waals surface area (Å²) >= 11 is 0. The second-order valence-corrected chi connectivity index (χ2v) is 7.18. The maximum Gasteiger partial charge on any atom is 0.0431 e. The summed E-state index contributed by atoms with van der Waals surface area (Å²) < 4.78 is 12.3. The van der Waals surface area contributed by atoms with E-state index in [1.54, 1.807) is 0 Å². The highest BCUT2D eigenvalue weighted by Gasteiger charge is 2.23. The van der Waals surface area contributed by atoms with Crippen molar-refractivity contribution in [1.82, 2.24) is 0 Å². The maximum absolute atomic E-state index is 12.3. The Morgan fingerprint density at radius 1 is 1.33 bits per heavy atom. The van der Waals surface area contributed by atoms with Gasteiger partial charge in [-0.3, -0.25) is 4.21 Å². The van der Waals surface area contributed by atoms with E-state index in [4.69, 9.17) is 5.73 Å². The molecular weight excluding hydrogens is 242 g/mol. The lowest BCUT2D eigenvalue weighted by atomic mass is 10.0. The van der Waals surface area contributed by atoms with Crippen LogP contribution in [-0.2, 0) is 10.8 Å². The summed E-state index contributed by atoms with van der Waals surface area (Å²) in [6.45, 7) is 4.15. The molecule has 0 aromatic heterocycles. The maximum atomic E-state index is 12.3. The molecule has 0 aliphatic heterocycles. The Balaban J connectivity index is 2.04. The predicted molar refractivity (Wildman–Crippen MR) is 78.1 cm³/mol. The van der Waals surface area contributed by atoms with E-state index in [1.807, 2.05) is 0 Å². The molecule has 1 aliphatic carbocycles. The molecule has 1 aromatic rings. The van der Waals surface area contributed by atoms with Gasteiger partial charge in [-0.2, -0.15) is 0 Å². The van der Waals surface area contributed by atoms with Gasteiger partial charge in [-0.25, -0.2) is 0 Å². The summed E-state index contributed by atoms with van der Waals surface area (Å²) in [5.74, 6) is 0.606. The standard InChI is InChI=1S/C15H23NOS/c1-11-7-8-12(2)14(9-11)15(16)10-18(17)13-5-3-4-6-13/h7-9,13,15H,3-6,10,16H2,1-2H3. The van der Waals surface area contributed by atoms with Gasteiger partial charge in [0.15, 0.2) is 0 Å². The fraction of sp³-hybridized carbons (Fsp3) is 0.600. The average molecular weight is 265 g/mol. The Bertz CT molecular complexity index is 438. The van der Waals surface area contributed by atoms with Crippen LogP contribution >= 0.6 is 0 Å². The Hall–Kier alpha value is -0.670. The van der Waals surface area contributed by atoms with Gasteiger partial charge in [0.25, 0.3) is 0 Å². The van der Waals surface area contributed by atoms with Crippen LogP contribution in [0.15, 0.2) is 18.2 Å². The van der Waals surface area contributed by atoms with Gasteiger partial charge in [-0.1, -0.05) is 36.6 Å². The lowest BCUT2D eigenvalue weighted by Crippen LogP contribution is -2.24. The first-order valence-corrected chi connectivity index (χ1v) is 8.16. The monoisotopic (exact) mass is 265 g/mol. The second-order valence-electron chi connectivity index (χ2n) is 5.42. The van der Waals surface area contributed by atoms with E-state index in [2.05, 4.69) is 32.0 Å². The fourth-order valence-electron chi connectivity index (χ4n) is 2.71. The highest BCUT2D eigenvalue weighted by atomic mass is 32.2. The van der Waals surface area contributed by atoms with Gasteiger partial charge in [0.2, 0.25) is 0 Å². The highest BCUT2D eigenvalue weighted by Crippen LogP contribution is 2.25. The minimum Gasteiger partial charge on any atom is -0.323 e. The molecule has 1 aliphatic rings. The summed E-state index contributed by atoms with van der Waals surface area (Å²) in [5, 5.41) is 0.390. The van der Waals surface area contributed by atoms with E-state index >= 15 is 0 Å². The zero-order valence-electron chi connectivity index (χ0n) is 11.3. The van der Waals surface area contributed by atoms with Crippen molar-refractivity contribution >= 4 is 10.8 Å². The van der Waals surface area contributed by atoms with Crippen LogP contribution in [0.25, 0.3) is 0 Å². The quantitative estimate of drug-likeness (QED) is 0.909. The van der Waals surface area contributed by atoms with Crippen molar-refractivity contribution in [1.29, 1.82) is 0 Å². The molecule has 0 bridgehead atoms. The number of hydrogen-bond acceptors (Lipinski definition) is 2. The van der Waals surface area contributed by atoms with Crippen LogP contribution in [0.2, 0.25) is 0 Å². The zero-order valence-corrected chi connectivity index (χ0v) is 12.1. The molecule has 3 heteroatoms. The molecule has 2 rings (SSSR count). The summed E-state index contributed by atoms with van der Waals surface area (Å²) in [6.07, 6.45) is 4.70. The van der Waals surface area contributed by atoms with Crippen molar-refractivity contribution in [3.05, 3.63) is 34.9 Å². The third-order valence-electron chi connectivity index (χ3n) is 3.85.